The summed E-state index contributed by atoms with van der Waals surface area (Å²) in [6.45, 7) is 0. The number of carbonyl (C=O) groups excluding carboxylic acids is 1. The molecule has 1 N–H and O–H groups in total. The maximum atomic E-state index is 11.1. The first-order valence-electron chi connectivity index (χ1n) is 4.55. The van der Waals surface area contributed by atoms with Crippen molar-refractivity contribution in [3.8, 4) is 5.40 Å². The lowest BCUT2D eigenvalue weighted by Crippen LogP contribution is -2.11. The molecule has 0 aliphatic heterocycles. The minimum Gasteiger partial charge on any atom is -0.301 e. The van der Waals surface area contributed by atoms with E-state index in [2.05, 4.69) is 10.3 Å². The SMILES string of the molecule is N#CSc1ccc2nc(NC(=O)CCl)sc2c1. The fourth-order valence-electron chi connectivity index (χ4n) is 1.23. The lowest BCUT2D eigenvalue weighted by Gasteiger charge is -1.94. The predicted octanol–water partition coefficient (Wildman–Crippen LogP) is 3.05. The second-order valence-electron chi connectivity index (χ2n) is 3.02. The normalized spacial score (nSPS) is 10.1. The van der Waals surface area contributed by atoms with Crippen molar-refractivity contribution in [1.82, 2.24) is 4.98 Å². The number of thioether (sulfide) groups is 1. The van der Waals surface area contributed by atoms with Gasteiger partial charge in [-0.1, -0.05) is 11.3 Å². The second-order valence-corrected chi connectivity index (χ2v) is 5.18. The molecule has 86 valence electrons. The fourth-order valence-corrected chi connectivity index (χ4v) is 2.71. The van der Waals surface area contributed by atoms with Crippen LogP contribution in [0.4, 0.5) is 5.13 Å². The predicted molar refractivity (Wildman–Crippen MR) is 70.4 cm³/mol. The number of thiocyanates is 1. The Labute approximate surface area is 111 Å². The monoisotopic (exact) mass is 283 g/mol. The smallest absolute Gasteiger partial charge is 0.241 e. The lowest BCUT2D eigenvalue weighted by atomic mass is 10.3. The van der Waals surface area contributed by atoms with Gasteiger partial charge in [0.1, 0.15) is 11.3 Å². The van der Waals surface area contributed by atoms with Crippen LogP contribution < -0.4 is 5.32 Å². The summed E-state index contributed by atoms with van der Waals surface area (Å²) < 4.78 is 0.926. The molecule has 0 bridgehead atoms. The van der Waals surface area contributed by atoms with Crippen molar-refractivity contribution >= 4 is 56.0 Å². The number of nitrogens with one attached hydrogen (secondary N) is 1. The number of rotatable bonds is 3. The van der Waals surface area contributed by atoms with Crippen LogP contribution in [0, 0.1) is 10.7 Å². The molecule has 0 saturated carbocycles. The highest BCUT2D eigenvalue weighted by Crippen LogP contribution is 2.29. The van der Waals surface area contributed by atoms with Gasteiger partial charge in [0.05, 0.1) is 10.2 Å². The van der Waals surface area contributed by atoms with Crippen molar-refractivity contribution in [3.63, 3.8) is 0 Å². The van der Waals surface area contributed by atoms with E-state index in [4.69, 9.17) is 16.9 Å². The summed E-state index contributed by atoms with van der Waals surface area (Å²) in [4.78, 5) is 16.2. The van der Waals surface area contributed by atoms with Crippen molar-refractivity contribution in [3.05, 3.63) is 18.2 Å². The zero-order valence-corrected chi connectivity index (χ0v) is 10.8. The molecule has 0 unspecified atom stereocenters. The Balaban J connectivity index is 2.31. The van der Waals surface area contributed by atoms with Gasteiger partial charge in [0.15, 0.2) is 5.13 Å². The molecule has 1 aromatic carbocycles. The second kappa shape index (κ2) is 5.36. The summed E-state index contributed by atoms with van der Waals surface area (Å²) in [5.74, 6) is -0.372. The van der Waals surface area contributed by atoms with E-state index in [-0.39, 0.29) is 11.8 Å². The molecule has 7 heteroatoms. The van der Waals surface area contributed by atoms with E-state index >= 15 is 0 Å². The molecule has 1 aromatic heterocycles. The van der Waals surface area contributed by atoms with Crippen LogP contribution in [-0.4, -0.2) is 16.8 Å². The highest BCUT2D eigenvalue weighted by Gasteiger charge is 2.07. The Morgan fingerprint density at radius 1 is 1.65 bits per heavy atom. The maximum absolute atomic E-state index is 11.1. The van der Waals surface area contributed by atoms with Gasteiger partial charge >= 0.3 is 0 Å². The number of thiazole rings is 1. The number of fused-ring (bicyclic) bond motifs is 1. The molecule has 0 spiro atoms. The van der Waals surface area contributed by atoms with Gasteiger partial charge in [0.25, 0.3) is 0 Å². The Morgan fingerprint density at radius 3 is 3.18 bits per heavy atom. The number of anilines is 1. The summed E-state index contributed by atoms with van der Waals surface area (Å²) in [5.41, 5.74) is 0.794. The Hall–Kier alpha value is -1.29. The van der Waals surface area contributed by atoms with Crippen LogP contribution in [-0.2, 0) is 4.79 Å². The number of hydrogen-bond donors (Lipinski definition) is 1. The van der Waals surface area contributed by atoms with E-state index in [9.17, 15) is 4.79 Å². The molecule has 0 fully saturated rings. The molecule has 0 atom stereocenters. The largest absolute Gasteiger partial charge is 0.301 e. The number of alkyl halides is 1. The van der Waals surface area contributed by atoms with Gasteiger partial charge in [-0.3, -0.25) is 4.79 Å². The first-order valence-corrected chi connectivity index (χ1v) is 6.72. The van der Waals surface area contributed by atoms with Crippen LogP contribution in [0.2, 0.25) is 0 Å². The molecule has 2 aromatic rings. The van der Waals surface area contributed by atoms with Crippen molar-refractivity contribution in [2.24, 2.45) is 0 Å². The van der Waals surface area contributed by atoms with Gasteiger partial charge in [-0.25, -0.2) is 4.98 Å². The highest BCUT2D eigenvalue weighted by molar-refractivity contribution is 8.03. The molecular formula is C10H6ClN3OS2. The third-order valence-electron chi connectivity index (χ3n) is 1.89. The summed E-state index contributed by atoms with van der Waals surface area (Å²) in [6.07, 6.45) is 0. The number of amides is 1. The number of carbonyl (C=O) groups is 1. The molecular weight excluding hydrogens is 278 g/mol. The average Bonchev–Trinajstić information content (AvgIpc) is 2.70. The molecule has 17 heavy (non-hydrogen) atoms. The van der Waals surface area contributed by atoms with Crippen LogP contribution in [0.3, 0.4) is 0 Å². The van der Waals surface area contributed by atoms with Crippen LogP contribution in [0.15, 0.2) is 23.1 Å². The zero-order valence-electron chi connectivity index (χ0n) is 8.44. The molecule has 0 aliphatic rings. The number of nitriles is 1. The Bertz CT molecular complexity index is 605. The minimum atomic E-state index is -0.280. The van der Waals surface area contributed by atoms with Crippen LogP contribution in [0.5, 0.6) is 0 Å². The first kappa shape index (κ1) is 12.2. The van der Waals surface area contributed by atoms with E-state index in [1.165, 1.54) is 11.3 Å². The van der Waals surface area contributed by atoms with Gasteiger partial charge in [0, 0.05) is 4.90 Å². The fraction of sp³-hybridized carbons (Fsp3) is 0.100. The zero-order chi connectivity index (χ0) is 12.3. The highest BCUT2D eigenvalue weighted by atomic mass is 35.5. The van der Waals surface area contributed by atoms with Crippen LogP contribution in [0.25, 0.3) is 10.2 Å². The quantitative estimate of drug-likeness (QED) is 0.534. The molecule has 1 heterocycles. The molecule has 0 saturated heterocycles. The van der Waals surface area contributed by atoms with Gasteiger partial charge in [-0.15, -0.1) is 11.6 Å². The number of aromatic nitrogens is 1. The van der Waals surface area contributed by atoms with Crippen LogP contribution >= 0.6 is 34.7 Å². The van der Waals surface area contributed by atoms with E-state index in [1.54, 1.807) is 0 Å². The lowest BCUT2D eigenvalue weighted by molar-refractivity contribution is -0.113. The van der Waals surface area contributed by atoms with Gasteiger partial charge < -0.3 is 5.32 Å². The van der Waals surface area contributed by atoms with Crippen molar-refractivity contribution in [2.45, 2.75) is 4.90 Å². The summed E-state index contributed by atoms with van der Waals surface area (Å²) in [5, 5.41) is 13.7. The first-order chi connectivity index (χ1) is 8.22. The summed E-state index contributed by atoms with van der Waals surface area (Å²) in [7, 11) is 0. The number of benzene rings is 1. The third kappa shape index (κ3) is 2.88. The van der Waals surface area contributed by atoms with E-state index < -0.39 is 0 Å². The van der Waals surface area contributed by atoms with Crippen LogP contribution in [0.1, 0.15) is 0 Å². The standard InChI is InChI=1S/C10H6ClN3OS2/c11-4-9(15)14-10-13-7-2-1-6(16-5-12)3-8(7)17-10/h1-3H,4H2,(H,13,14,15). The minimum absolute atomic E-state index is 0.0918. The molecule has 1 amide bonds. The van der Waals surface area contributed by atoms with Gasteiger partial charge in [-0.2, -0.15) is 5.26 Å². The van der Waals surface area contributed by atoms with E-state index in [1.807, 2.05) is 23.6 Å². The maximum Gasteiger partial charge on any atom is 0.241 e. The topological polar surface area (TPSA) is 65.8 Å². The molecule has 0 aliphatic carbocycles. The Kier molecular flexibility index (Phi) is 3.84. The molecule has 4 nitrogen and oxygen atoms in total. The number of hydrogen-bond acceptors (Lipinski definition) is 5. The van der Waals surface area contributed by atoms with Crippen molar-refractivity contribution < 1.29 is 4.79 Å². The van der Waals surface area contributed by atoms with E-state index in [0.717, 1.165) is 26.9 Å². The molecule has 0 radical (unpaired) electrons. The third-order valence-corrected chi connectivity index (χ3v) is 3.65. The molecule has 2 rings (SSSR count). The number of halogens is 1. The van der Waals surface area contributed by atoms with E-state index in [0.29, 0.717) is 5.13 Å². The summed E-state index contributed by atoms with van der Waals surface area (Å²) >= 11 is 7.84. The van der Waals surface area contributed by atoms with Gasteiger partial charge in [0.2, 0.25) is 5.91 Å². The number of nitrogens with zero attached hydrogens (tertiary/aromatic N) is 2. The van der Waals surface area contributed by atoms with Gasteiger partial charge in [-0.05, 0) is 30.0 Å². The average molecular weight is 284 g/mol. The Morgan fingerprint density at radius 2 is 2.47 bits per heavy atom. The van der Waals surface area contributed by atoms with Crippen molar-refractivity contribution in [1.29, 1.82) is 5.26 Å². The summed E-state index contributed by atoms with van der Waals surface area (Å²) in [6, 6.07) is 5.52. The van der Waals surface area contributed by atoms with Crippen molar-refractivity contribution in [2.75, 3.05) is 11.2 Å².